The largest absolute Gasteiger partial charge is 0.500 e. The minimum absolute atomic E-state index is 0.316. The molecule has 0 spiro atoms. The third-order valence-corrected chi connectivity index (χ3v) is 8.62. The van der Waals surface area contributed by atoms with Crippen LogP contribution in [0.25, 0.3) is 0 Å². The molecule has 1 atom stereocenters. The minimum Gasteiger partial charge on any atom is -0.462 e. The summed E-state index contributed by atoms with van der Waals surface area (Å²) in [6, 6.07) is 1.92. The highest BCUT2D eigenvalue weighted by Gasteiger charge is 2.36. The molecule has 0 radical (unpaired) electrons. The molecule has 1 unspecified atom stereocenters. The highest BCUT2D eigenvalue weighted by Crippen LogP contribution is 2.15. The van der Waals surface area contributed by atoms with E-state index in [1.807, 2.05) is 5.70 Å². The van der Waals surface area contributed by atoms with E-state index in [0.717, 1.165) is 6.61 Å². The summed E-state index contributed by atoms with van der Waals surface area (Å²) in [4.78, 5) is 11.1. The quantitative estimate of drug-likeness (QED) is 0.267. The van der Waals surface area contributed by atoms with Crippen LogP contribution in [0.5, 0.6) is 0 Å². The maximum absolute atomic E-state index is 11.1. The maximum Gasteiger partial charge on any atom is 0.500 e. The summed E-state index contributed by atoms with van der Waals surface area (Å²) in [5.74, 6) is -0.375. The molecule has 1 aliphatic rings. The average Bonchev–Trinajstić information content (AvgIpc) is 2.63. The fourth-order valence-electron chi connectivity index (χ4n) is 2.08. The molecule has 24 heavy (non-hydrogen) atoms. The van der Waals surface area contributed by atoms with Crippen molar-refractivity contribution in [2.45, 2.75) is 38.3 Å². The lowest BCUT2D eigenvalue weighted by Gasteiger charge is -2.24. The predicted molar refractivity (Wildman–Crippen MR) is 99.3 cm³/mol. The Labute approximate surface area is 148 Å². The third-order valence-electron chi connectivity index (χ3n) is 3.62. The first-order chi connectivity index (χ1) is 11.4. The van der Waals surface area contributed by atoms with E-state index >= 15 is 0 Å². The fraction of sp³-hybridized carbons (Fsp3) is 0.688. The second-order valence-electron chi connectivity index (χ2n) is 5.46. The van der Waals surface area contributed by atoms with Crippen molar-refractivity contribution >= 4 is 23.8 Å². The standard InChI is InChI=1S/C10H20O5Si.C6H12OSi/c1-9(2)10(11)15-7-6-8-16(12-3,13-4)14-5;1-2-8-6-4-3-5-7-8/h1,6-8H2,2-5H3;2,8H,1,3-6H2. The second kappa shape index (κ2) is 13.5. The lowest BCUT2D eigenvalue weighted by molar-refractivity contribution is -0.139. The number of rotatable bonds is 9. The van der Waals surface area contributed by atoms with Crippen molar-refractivity contribution in [1.82, 2.24) is 0 Å². The van der Waals surface area contributed by atoms with Crippen LogP contribution in [0.4, 0.5) is 0 Å². The van der Waals surface area contributed by atoms with Gasteiger partial charge in [0.25, 0.3) is 0 Å². The van der Waals surface area contributed by atoms with Gasteiger partial charge in [-0.25, -0.2) is 4.79 Å². The molecule has 0 N–H and O–H groups in total. The molecule has 6 nitrogen and oxygen atoms in total. The number of hydrogen-bond donors (Lipinski definition) is 0. The van der Waals surface area contributed by atoms with E-state index < -0.39 is 17.8 Å². The van der Waals surface area contributed by atoms with Gasteiger partial charge in [-0.1, -0.05) is 18.7 Å². The van der Waals surface area contributed by atoms with Gasteiger partial charge in [0.2, 0.25) is 9.04 Å². The van der Waals surface area contributed by atoms with Crippen LogP contribution in [0.3, 0.4) is 0 Å². The predicted octanol–water partition coefficient (Wildman–Crippen LogP) is 2.62. The molecule has 0 bridgehead atoms. The summed E-state index contributed by atoms with van der Waals surface area (Å²) in [5, 5.41) is 0. The van der Waals surface area contributed by atoms with Gasteiger partial charge in [0, 0.05) is 39.6 Å². The van der Waals surface area contributed by atoms with Crippen molar-refractivity contribution in [2.75, 3.05) is 34.5 Å². The molecule has 1 rings (SSSR count). The van der Waals surface area contributed by atoms with Crippen LogP contribution in [0, 0.1) is 0 Å². The molecule has 0 aromatic heterocycles. The molecule has 0 saturated carbocycles. The molecule has 1 heterocycles. The van der Waals surface area contributed by atoms with E-state index in [2.05, 4.69) is 13.2 Å². The Hall–Kier alpha value is -0.776. The minimum atomic E-state index is -2.53. The molecule has 0 aliphatic carbocycles. The van der Waals surface area contributed by atoms with Crippen LogP contribution in [0.1, 0.15) is 26.2 Å². The van der Waals surface area contributed by atoms with E-state index in [1.54, 1.807) is 28.3 Å². The molecule has 140 valence electrons. The molecular weight excluding hydrogens is 344 g/mol. The number of carbonyl (C=O) groups excluding carboxylic acids is 1. The van der Waals surface area contributed by atoms with Gasteiger partial charge >= 0.3 is 14.8 Å². The Bertz CT molecular complexity index is 370. The molecule has 0 amide bonds. The summed E-state index contributed by atoms with van der Waals surface area (Å²) in [6.07, 6.45) is 3.26. The van der Waals surface area contributed by atoms with Gasteiger partial charge < -0.3 is 22.4 Å². The normalized spacial score (nSPS) is 17.4. The zero-order chi connectivity index (χ0) is 18.4. The van der Waals surface area contributed by atoms with Crippen LogP contribution in [-0.2, 0) is 27.2 Å². The number of carbonyl (C=O) groups is 1. The first-order valence-electron chi connectivity index (χ1n) is 8.17. The summed E-state index contributed by atoms with van der Waals surface area (Å²) in [7, 11) is 1.29. The highest BCUT2D eigenvalue weighted by molar-refractivity contribution is 6.60. The van der Waals surface area contributed by atoms with Gasteiger partial charge in [-0.3, -0.25) is 0 Å². The lowest BCUT2D eigenvalue weighted by atomic mass is 10.4. The maximum atomic E-state index is 11.1. The van der Waals surface area contributed by atoms with Gasteiger partial charge in [0.15, 0.2) is 0 Å². The SMILES string of the molecule is C=C(C)C(=O)OCCC[Si](OC)(OC)OC.C=C[SiH]1CCCCO1. The van der Waals surface area contributed by atoms with E-state index in [0.29, 0.717) is 24.6 Å². The van der Waals surface area contributed by atoms with Crippen LogP contribution in [0.15, 0.2) is 24.4 Å². The lowest BCUT2D eigenvalue weighted by Crippen LogP contribution is -2.42. The van der Waals surface area contributed by atoms with Crippen molar-refractivity contribution in [1.29, 1.82) is 0 Å². The Morgan fingerprint density at radius 1 is 1.25 bits per heavy atom. The van der Waals surface area contributed by atoms with Crippen molar-refractivity contribution < 1.29 is 27.2 Å². The van der Waals surface area contributed by atoms with Crippen molar-refractivity contribution in [2.24, 2.45) is 0 Å². The summed E-state index contributed by atoms with van der Waals surface area (Å²) < 4.78 is 26.1. The summed E-state index contributed by atoms with van der Waals surface area (Å²) in [5.41, 5.74) is 2.42. The van der Waals surface area contributed by atoms with Crippen LogP contribution < -0.4 is 0 Å². The Morgan fingerprint density at radius 3 is 2.25 bits per heavy atom. The average molecular weight is 377 g/mol. The van der Waals surface area contributed by atoms with E-state index in [1.165, 1.54) is 18.9 Å². The zero-order valence-electron chi connectivity index (χ0n) is 15.5. The third kappa shape index (κ3) is 9.50. The number of hydrogen-bond acceptors (Lipinski definition) is 6. The van der Waals surface area contributed by atoms with E-state index in [-0.39, 0.29) is 5.97 Å². The molecule has 0 aromatic rings. The number of esters is 1. The molecule has 0 aromatic carbocycles. The smallest absolute Gasteiger partial charge is 0.462 e. The van der Waals surface area contributed by atoms with Crippen molar-refractivity contribution in [3.8, 4) is 0 Å². The second-order valence-corrected chi connectivity index (χ2v) is 11.0. The van der Waals surface area contributed by atoms with Gasteiger partial charge in [0.05, 0.1) is 6.61 Å². The molecule has 1 saturated heterocycles. The first kappa shape index (κ1) is 23.2. The van der Waals surface area contributed by atoms with Crippen LogP contribution in [-0.4, -0.2) is 58.4 Å². The van der Waals surface area contributed by atoms with Gasteiger partial charge in [-0.2, -0.15) is 0 Å². The van der Waals surface area contributed by atoms with E-state index in [4.69, 9.17) is 22.4 Å². The Kier molecular flexibility index (Phi) is 13.1. The fourth-order valence-corrected chi connectivity index (χ4v) is 5.47. The highest BCUT2D eigenvalue weighted by atomic mass is 28.4. The van der Waals surface area contributed by atoms with E-state index in [9.17, 15) is 4.79 Å². The van der Waals surface area contributed by atoms with Crippen molar-refractivity contribution in [3.63, 3.8) is 0 Å². The van der Waals surface area contributed by atoms with Crippen molar-refractivity contribution in [3.05, 3.63) is 24.4 Å². The summed E-state index contributed by atoms with van der Waals surface area (Å²) in [6.45, 7) is 10.1. The van der Waals surface area contributed by atoms with Gasteiger partial charge in [-0.15, -0.1) is 6.58 Å². The monoisotopic (exact) mass is 376 g/mol. The first-order valence-corrected chi connectivity index (χ1v) is 12.1. The molecule has 8 heteroatoms. The Balaban J connectivity index is 0.000000546. The topological polar surface area (TPSA) is 63.2 Å². The molecule has 1 aliphatic heterocycles. The van der Waals surface area contributed by atoms with Gasteiger partial charge in [-0.05, 0) is 25.8 Å². The molecular formula is C16H32O6Si2. The molecule has 1 fully saturated rings. The van der Waals surface area contributed by atoms with Crippen LogP contribution in [0.2, 0.25) is 12.1 Å². The van der Waals surface area contributed by atoms with Gasteiger partial charge in [0.1, 0.15) is 0 Å². The Morgan fingerprint density at radius 2 is 1.88 bits per heavy atom. The van der Waals surface area contributed by atoms with Crippen LogP contribution >= 0.6 is 0 Å². The summed E-state index contributed by atoms with van der Waals surface area (Å²) >= 11 is 0. The zero-order valence-corrected chi connectivity index (χ0v) is 17.6. The number of ether oxygens (including phenoxy) is 1.